The van der Waals surface area contributed by atoms with E-state index in [4.69, 9.17) is 8.94 Å². The molecule has 4 heterocycles. The maximum Gasteiger partial charge on any atom is 0.293 e. The van der Waals surface area contributed by atoms with Crippen LogP contribution in [0.1, 0.15) is 18.7 Å². The third-order valence-corrected chi connectivity index (χ3v) is 3.94. The maximum atomic E-state index is 12.0. The van der Waals surface area contributed by atoms with E-state index in [-0.39, 0.29) is 18.0 Å². The van der Waals surface area contributed by atoms with Crippen LogP contribution in [-0.4, -0.2) is 39.6 Å². The van der Waals surface area contributed by atoms with Crippen molar-refractivity contribution in [1.29, 1.82) is 0 Å². The Morgan fingerprint density at radius 3 is 3.30 bits per heavy atom. The normalized spacial score (nSPS) is 25.4. The van der Waals surface area contributed by atoms with Crippen LogP contribution in [0.3, 0.4) is 0 Å². The zero-order valence-corrected chi connectivity index (χ0v) is 10.8. The summed E-state index contributed by atoms with van der Waals surface area (Å²) in [6, 6.07) is 4.06. The van der Waals surface area contributed by atoms with Gasteiger partial charge < -0.3 is 19.2 Å². The summed E-state index contributed by atoms with van der Waals surface area (Å²) in [6.45, 7) is 1.36. The van der Waals surface area contributed by atoms with Crippen molar-refractivity contribution in [1.82, 2.24) is 20.4 Å². The van der Waals surface area contributed by atoms with E-state index in [0.717, 1.165) is 13.0 Å². The molecule has 0 spiro atoms. The Labute approximate surface area is 114 Å². The van der Waals surface area contributed by atoms with Crippen molar-refractivity contribution in [3.63, 3.8) is 0 Å². The third-order valence-electron chi connectivity index (χ3n) is 3.94. The van der Waals surface area contributed by atoms with Gasteiger partial charge in [0.2, 0.25) is 5.91 Å². The van der Waals surface area contributed by atoms with Gasteiger partial charge in [-0.05, 0) is 25.1 Å². The van der Waals surface area contributed by atoms with E-state index in [1.165, 1.54) is 0 Å². The summed E-state index contributed by atoms with van der Waals surface area (Å²) in [6.07, 6.45) is 3.10. The summed E-state index contributed by atoms with van der Waals surface area (Å²) in [5.74, 6) is 1.54. The number of amides is 1. The fraction of sp³-hybridized carbons (Fsp3) is 0.462. The van der Waals surface area contributed by atoms with Gasteiger partial charge in [0.15, 0.2) is 11.6 Å². The minimum atomic E-state index is 0.150. The molecule has 7 nitrogen and oxygen atoms in total. The van der Waals surface area contributed by atoms with Crippen LogP contribution in [0.5, 0.6) is 0 Å². The number of carbonyl (C=O) groups is 1. The van der Waals surface area contributed by atoms with Gasteiger partial charge in [0, 0.05) is 18.5 Å². The van der Waals surface area contributed by atoms with Gasteiger partial charge >= 0.3 is 0 Å². The molecule has 2 saturated heterocycles. The van der Waals surface area contributed by atoms with Crippen molar-refractivity contribution >= 4 is 5.91 Å². The molecule has 0 radical (unpaired) electrons. The first-order valence-corrected chi connectivity index (χ1v) is 6.70. The van der Waals surface area contributed by atoms with Crippen molar-refractivity contribution in [2.24, 2.45) is 0 Å². The summed E-state index contributed by atoms with van der Waals surface area (Å²) in [7, 11) is 0. The number of rotatable bonds is 3. The second-order valence-electron chi connectivity index (χ2n) is 5.14. The molecule has 2 aliphatic rings. The SMILES string of the molecule is O=C1C[C@H]2NCC[C@H]2N1Cc1noc(-c2ccco2)n1. The van der Waals surface area contributed by atoms with E-state index in [2.05, 4.69) is 15.5 Å². The number of fused-ring (bicyclic) bond motifs is 1. The number of nitrogens with zero attached hydrogens (tertiary/aromatic N) is 3. The Hall–Kier alpha value is -2.15. The van der Waals surface area contributed by atoms with Crippen molar-refractivity contribution in [3.8, 4) is 11.7 Å². The molecule has 0 saturated carbocycles. The molecule has 0 unspecified atom stereocenters. The lowest BCUT2D eigenvalue weighted by Crippen LogP contribution is -2.35. The molecular weight excluding hydrogens is 260 g/mol. The smallest absolute Gasteiger partial charge is 0.293 e. The first kappa shape index (κ1) is 11.7. The molecule has 7 heteroatoms. The molecular formula is C13H14N4O3. The predicted molar refractivity (Wildman–Crippen MR) is 67.4 cm³/mol. The monoisotopic (exact) mass is 274 g/mol. The summed E-state index contributed by atoms with van der Waals surface area (Å²) in [5.41, 5.74) is 0. The first-order chi connectivity index (χ1) is 9.81. The molecule has 0 aliphatic carbocycles. The molecule has 2 atom stereocenters. The Bertz CT molecular complexity index is 621. The summed E-state index contributed by atoms with van der Waals surface area (Å²) in [4.78, 5) is 18.1. The van der Waals surface area contributed by atoms with Crippen LogP contribution >= 0.6 is 0 Å². The lowest BCUT2D eigenvalue weighted by Gasteiger charge is -2.21. The number of hydrogen-bond acceptors (Lipinski definition) is 6. The van der Waals surface area contributed by atoms with Gasteiger partial charge in [-0.1, -0.05) is 5.16 Å². The lowest BCUT2D eigenvalue weighted by atomic mass is 10.1. The minimum absolute atomic E-state index is 0.150. The van der Waals surface area contributed by atoms with Gasteiger partial charge in [-0.25, -0.2) is 0 Å². The highest BCUT2D eigenvalue weighted by atomic mass is 16.5. The van der Waals surface area contributed by atoms with Crippen LogP contribution in [-0.2, 0) is 11.3 Å². The summed E-state index contributed by atoms with van der Waals surface area (Å²) >= 11 is 0. The second kappa shape index (κ2) is 4.45. The van der Waals surface area contributed by atoms with Crippen LogP contribution in [0.25, 0.3) is 11.7 Å². The molecule has 2 aromatic rings. The highest BCUT2D eigenvalue weighted by Crippen LogP contribution is 2.27. The molecule has 0 bridgehead atoms. The van der Waals surface area contributed by atoms with E-state index in [1.54, 1.807) is 18.4 Å². The lowest BCUT2D eigenvalue weighted by molar-refractivity contribution is -0.129. The fourth-order valence-corrected chi connectivity index (χ4v) is 3.00. The van der Waals surface area contributed by atoms with Crippen LogP contribution < -0.4 is 5.32 Å². The molecule has 2 aliphatic heterocycles. The average molecular weight is 274 g/mol. The number of nitrogens with one attached hydrogen (secondary N) is 1. The van der Waals surface area contributed by atoms with Crippen molar-refractivity contribution < 1.29 is 13.7 Å². The molecule has 0 aromatic carbocycles. The number of likely N-dealkylation sites (tertiary alicyclic amines) is 1. The molecule has 1 N–H and O–H groups in total. The number of carbonyl (C=O) groups excluding carboxylic acids is 1. The van der Waals surface area contributed by atoms with Crippen molar-refractivity contribution in [3.05, 3.63) is 24.2 Å². The zero-order valence-electron chi connectivity index (χ0n) is 10.8. The van der Waals surface area contributed by atoms with Crippen LogP contribution in [0.2, 0.25) is 0 Å². The summed E-state index contributed by atoms with van der Waals surface area (Å²) in [5, 5.41) is 7.27. The number of hydrogen-bond donors (Lipinski definition) is 1. The van der Waals surface area contributed by atoms with Gasteiger partial charge in [0.25, 0.3) is 5.89 Å². The average Bonchev–Trinajstić information content (AvgIpc) is 3.17. The molecule has 20 heavy (non-hydrogen) atoms. The third kappa shape index (κ3) is 1.82. The van der Waals surface area contributed by atoms with Crippen molar-refractivity contribution in [2.45, 2.75) is 31.5 Å². The van der Waals surface area contributed by atoms with Crippen LogP contribution in [0, 0.1) is 0 Å². The Balaban J connectivity index is 1.53. The first-order valence-electron chi connectivity index (χ1n) is 6.70. The van der Waals surface area contributed by atoms with Gasteiger partial charge in [-0.15, -0.1) is 0 Å². The van der Waals surface area contributed by atoms with E-state index < -0.39 is 0 Å². The van der Waals surface area contributed by atoms with Gasteiger partial charge in [-0.2, -0.15) is 4.98 Å². The quantitative estimate of drug-likeness (QED) is 0.891. The topological polar surface area (TPSA) is 84.4 Å². The largest absolute Gasteiger partial charge is 0.459 e. The summed E-state index contributed by atoms with van der Waals surface area (Å²) < 4.78 is 10.4. The number of furan rings is 1. The highest BCUT2D eigenvalue weighted by Gasteiger charge is 2.42. The van der Waals surface area contributed by atoms with Gasteiger partial charge in [0.05, 0.1) is 12.8 Å². The zero-order chi connectivity index (χ0) is 13.5. The predicted octanol–water partition coefficient (Wildman–Crippen LogP) is 0.792. The van der Waals surface area contributed by atoms with E-state index in [9.17, 15) is 4.79 Å². The van der Waals surface area contributed by atoms with E-state index >= 15 is 0 Å². The molecule has 104 valence electrons. The van der Waals surface area contributed by atoms with E-state index in [1.807, 2.05) is 4.90 Å². The Kier molecular flexibility index (Phi) is 2.59. The maximum absolute atomic E-state index is 12.0. The Morgan fingerprint density at radius 2 is 2.45 bits per heavy atom. The molecule has 2 aromatic heterocycles. The Morgan fingerprint density at radius 1 is 1.50 bits per heavy atom. The number of aromatic nitrogens is 2. The second-order valence-corrected chi connectivity index (χ2v) is 5.14. The standard InChI is InChI=1S/C13H14N4O3/c18-12-6-8-9(3-4-14-8)17(12)7-11-15-13(20-16-11)10-2-1-5-19-10/h1-2,5,8-9,14H,3-4,6-7H2/t8-,9-/m1/s1. The van der Waals surface area contributed by atoms with Crippen LogP contribution in [0.4, 0.5) is 0 Å². The molecule has 4 rings (SSSR count). The minimum Gasteiger partial charge on any atom is -0.459 e. The van der Waals surface area contributed by atoms with Gasteiger partial charge in [0.1, 0.15) is 0 Å². The van der Waals surface area contributed by atoms with E-state index in [0.29, 0.717) is 30.4 Å². The fourth-order valence-electron chi connectivity index (χ4n) is 3.00. The van der Waals surface area contributed by atoms with Crippen molar-refractivity contribution in [2.75, 3.05) is 6.54 Å². The van der Waals surface area contributed by atoms with Crippen LogP contribution in [0.15, 0.2) is 27.3 Å². The molecule has 1 amide bonds. The van der Waals surface area contributed by atoms with Gasteiger partial charge in [-0.3, -0.25) is 4.79 Å². The highest BCUT2D eigenvalue weighted by molar-refractivity contribution is 5.80. The molecule has 2 fully saturated rings.